The first kappa shape index (κ1) is 12.8. The van der Waals surface area contributed by atoms with E-state index in [1.54, 1.807) is 12.1 Å². The van der Waals surface area contributed by atoms with Crippen LogP contribution in [-0.4, -0.2) is 17.2 Å². The molecular weight excluding hydrogens is 228 g/mol. The van der Waals surface area contributed by atoms with Gasteiger partial charge in [-0.3, -0.25) is 4.79 Å². The zero-order valence-electron chi connectivity index (χ0n) is 9.58. The van der Waals surface area contributed by atoms with Gasteiger partial charge in [0.15, 0.2) is 0 Å². The van der Waals surface area contributed by atoms with Gasteiger partial charge in [0.05, 0.1) is 17.5 Å². The normalized spacial score (nSPS) is 10.6. The summed E-state index contributed by atoms with van der Waals surface area (Å²) < 4.78 is 5.54. The molecule has 0 aromatic heterocycles. The summed E-state index contributed by atoms with van der Waals surface area (Å²) in [4.78, 5) is 10.7. The van der Waals surface area contributed by atoms with Crippen molar-refractivity contribution in [2.24, 2.45) is 0 Å². The number of rotatable bonds is 4. The van der Waals surface area contributed by atoms with Crippen LogP contribution in [0.15, 0.2) is 12.1 Å². The lowest BCUT2D eigenvalue weighted by atomic mass is 10.1. The Kier molecular flexibility index (Phi) is 4.19. The van der Waals surface area contributed by atoms with Crippen molar-refractivity contribution in [2.75, 3.05) is 0 Å². The molecule has 88 valence electrons. The number of carboxylic acids is 1. The zero-order chi connectivity index (χ0) is 12.3. The molecule has 1 N–H and O–H groups in total. The summed E-state index contributed by atoms with van der Waals surface area (Å²) in [6, 6.07) is 3.56. The van der Waals surface area contributed by atoms with E-state index >= 15 is 0 Å². The standard InChI is InChI=1S/C12H15ClO3/c1-7(2)16-12-9(6-11(14)15)4-8(3)5-10(12)13/h4-5,7H,6H2,1-3H3,(H,14,15). The monoisotopic (exact) mass is 242 g/mol. The molecule has 1 rings (SSSR count). The van der Waals surface area contributed by atoms with E-state index in [0.717, 1.165) is 5.56 Å². The van der Waals surface area contributed by atoms with E-state index < -0.39 is 5.97 Å². The van der Waals surface area contributed by atoms with Crippen LogP contribution in [0.5, 0.6) is 5.75 Å². The third kappa shape index (κ3) is 3.42. The summed E-state index contributed by atoms with van der Waals surface area (Å²) in [6.07, 6.45) is -0.114. The van der Waals surface area contributed by atoms with Gasteiger partial charge in [-0.1, -0.05) is 17.7 Å². The van der Waals surface area contributed by atoms with Crippen LogP contribution in [0.3, 0.4) is 0 Å². The van der Waals surface area contributed by atoms with Crippen molar-refractivity contribution in [3.63, 3.8) is 0 Å². The average molecular weight is 243 g/mol. The highest BCUT2D eigenvalue weighted by molar-refractivity contribution is 6.32. The Morgan fingerprint density at radius 1 is 1.50 bits per heavy atom. The predicted molar refractivity (Wildman–Crippen MR) is 63.3 cm³/mol. The fraction of sp³-hybridized carbons (Fsp3) is 0.417. The highest BCUT2D eigenvalue weighted by Gasteiger charge is 2.14. The van der Waals surface area contributed by atoms with Gasteiger partial charge in [-0.2, -0.15) is 0 Å². The van der Waals surface area contributed by atoms with Gasteiger partial charge < -0.3 is 9.84 Å². The lowest BCUT2D eigenvalue weighted by molar-refractivity contribution is -0.136. The van der Waals surface area contributed by atoms with Gasteiger partial charge in [0, 0.05) is 5.56 Å². The van der Waals surface area contributed by atoms with Crippen LogP contribution in [0.1, 0.15) is 25.0 Å². The minimum absolute atomic E-state index is 0.0345. The molecule has 0 aliphatic heterocycles. The van der Waals surface area contributed by atoms with E-state index in [1.165, 1.54) is 0 Å². The number of aryl methyl sites for hydroxylation is 1. The first-order valence-corrected chi connectivity index (χ1v) is 5.45. The van der Waals surface area contributed by atoms with Crippen molar-refractivity contribution in [3.05, 3.63) is 28.3 Å². The average Bonchev–Trinajstić information content (AvgIpc) is 2.09. The largest absolute Gasteiger partial charge is 0.489 e. The summed E-state index contributed by atoms with van der Waals surface area (Å²) in [5.41, 5.74) is 1.54. The van der Waals surface area contributed by atoms with Crippen LogP contribution in [0.2, 0.25) is 5.02 Å². The van der Waals surface area contributed by atoms with Gasteiger partial charge >= 0.3 is 5.97 Å². The molecule has 0 saturated carbocycles. The van der Waals surface area contributed by atoms with Crippen LogP contribution >= 0.6 is 11.6 Å². The second-order valence-corrected chi connectivity index (χ2v) is 4.38. The number of benzene rings is 1. The molecule has 0 unspecified atom stereocenters. The van der Waals surface area contributed by atoms with Crippen LogP contribution in [0.25, 0.3) is 0 Å². The number of carboxylic acid groups (broad SMARTS) is 1. The van der Waals surface area contributed by atoms with Gasteiger partial charge in [0.2, 0.25) is 0 Å². The second-order valence-electron chi connectivity index (χ2n) is 3.97. The van der Waals surface area contributed by atoms with Gasteiger partial charge in [0.25, 0.3) is 0 Å². The Morgan fingerprint density at radius 3 is 2.62 bits per heavy atom. The van der Waals surface area contributed by atoms with E-state index in [9.17, 15) is 4.79 Å². The second kappa shape index (κ2) is 5.21. The van der Waals surface area contributed by atoms with Crippen molar-refractivity contribution in [1.29, 1.82) is 0 Å². The quantitative estimate of drug-likeness (QED) is 0.883. The Morgan fingerprint density at radius 2 is 2.12 bits per heavy atom. The first-order valence-electron chi connectivity index (χ1n) is 5.07. The van der Waals surface area contributed by atoms with Gasteiger partial charge in [-0.25, -0.2) is 0 Å². The Labute approximate surface area is 100.0 Å². The number of aliphatic carboxylic acids is 1. The molecule has 0 atom stereocenters. The first-order chi connectivity index (χ1) is 7.40. The Balaban J connectivity index is 3.15. The van der Waals surface area contributed by atoms with Crippen LogP contribution < -0.4 is 4.74 Å². The van der Waals surface area contributed by atoms with Crippen molar-refractivity contribution >= 4 is 17.6 Å². The molecular formula is C12H15ClO3. The van der Waals surface area contributed by atoms with Crippen molar-refractivity contribution < 1.29 is 14.6 Å². The minimum Gasteiger partial charge on any atom is -0.489 e. The van der Waals surface area contributed by atoms with Crippen LogP contribution in [-0.2, 0) is 11.2 Å². The molecule has 3 nitrogen and oxygen atoms in total. The highest BCUT2D eigenvalue weighted by Crippen LogP contribution is 2.31. The molecule has 0 aliphatic rings. The Hall–Kier alpha value is -1.22. The molecule has 0 amide bonds. The molecule has 1 aromatic rings. The van der Waals surface area contributed by atoms with Gasteiger partial charge in [0.1, 0.15) is 5.75 Å². The fourth-order valence-corrected chi connectivity index (χ4v) is 1.80. The maximum atomic E-state index is 10.7. The third-order valence-electron chi connectivity index (χ3n) is 1.96. The minimum atomic E-state index is -0.893. The van der Waals surface area contributed by atoms with Crippen molar-refractivity contribution in [3.8, 4) is 5.75 Å². The van der Waals surface area contributed by atoms with E-state index in [1.807, 2.05) is 20.8 Å². The van der Waals surface area contributed by atoms with Crippen molar-refractivity contribution in [1.82, 2.24) is 0 Å². The molecule has 0 aliphatic carbocycles. The van der Waals surface area contributed by atoms with Gasteiger partial charge in [-0.15, -0.1) is 0 Å². The topological polar surface area (TPSA) is 46.5 Å². The number of carbonyl (C=O) groups is 1. The lowest BCUT2D eigenvalue weighted by Crippen LogP contribution is -2.10. The van der Waals surface area contributed by atoms with Crippen LogP contribution in [0, 0.1) is 6.92 Å². The van der Waals surface area contributed by atoms with Crippen molar-refractivity contribution in [2.45, 2.75) is 33.3 Å². The third-order valence-corrected chi connectivity index (χ3v) is 2.24. The molecule has 0 fully saturated rings. The molecule has 0 spiro atoms. The molecule has 4 heteroatoms. The van der Waals surface area contributed by atoms with E-state index in [4.69, 9.17) is 21.4 Å². The smallest absolute Gasteiger partial charge is 0.307 e. The van der Waals surface area contributed by atoms with E-state index in [-0.39, 0.29) is 12.5 Å². The number of hydrogen-bond acceptors (Lipinski definition) is 2. The molecule has 16 heavy (non-hydrogen) atoms. The zero-order valence-corrected chi connectivity index (χ0v) is 10.3. The highest BCUT2D eigenvalue weighted by atomic mass is 35.5. The summed E-state index contributed by atoms with van der Waals surface area (Å²) >= 11 is 6.04. The lowest BCUT2D eigenvalue weighted by Gasteiger charge is -2.15. The fourth-order valence-electron chi connectivity index (χ4n) is 1.46. The summed E-state index contributed by atoms with van der Waals surface area (Å²) in [6.45, 7) is 5.62. The van der Waals surface area contributed by atoms with Gasteiger partial charge in [-0.05, 0) is 32.4 Å². The molecule has 1 aromatic carbocycles. The maximum absolute atomic E-state index is 10.7. The maximum Gasteiger partial charge on any atom is 0.307 e. The summed E-state index contributed by atoms with van der Waals surface area (Å²) in [7, 11) is 0. The molecule has 0 saturated heterocycles. The Bertz CT molecular complexity index is 399. The number of hydrogen-bond donors (Lipinski definition) is 1. The summed E-state index contributed by atoms with van der Waals surface area (Å²) in [5.74, 6) is -0.417. The number of halogens is 1. The molecule has 0 radical (unpaired) electrons. The summed E-state index contributed by atoms with van der Waals surface area (Å²) in [5, 5.41) is 9.27. The van der Waals surface area contributed by atoms with E-state index in [2.05, 4.69) is 0 Å². The molecule has 0 heterocycles. The van der Waals surface area contributed by atoms with E-state index in [0.29, 0.717) is 16.3 Å². The molecule has 0 bridgehead atoms. The number of ether oxygens (including phenoxy) is 1. The van der Waals surface area contributed by atoms with Crippen LogP contribution in [0.4, 0.5) is 0 Å². The SMILES string of the molecule is Cc1cc(Cl)c(OC(C)C)c(CC(=O)O)c1. The predicted octanol–water partition coefficient (Wildman–Crippen LogP) is 3.06.